The van der Waals surface area contributed by atoms with E-state index in [9.17, 15) is 0 Å². The van der Waals surface area contributed by atoms with Gasteiger partial charge in [0, 0.05) is 5.56 Å². The van der Waals surface area contributed by atoms with Crippen molar-refractivity contribution in [3.8, 4) is 33.2 Å². The van der Waals surface area contributed by atoms with Gasteiger partial charge in [0.1, 0.15) is 11.5 Å². The maximum absolute atomic E-state index is 6.14. The van der Waals surface area contributed by atoms with Gasteiger partial charge in [0.2, 0.25) is 0 Å². The molecular formula is C17H14ClNO2S. The van der Waals surface area contributed by atoms with Crippen molar-refractivity contribution in [2.75, 3.05) is 14.2 Å². The molecule has 0 aliphatic rings. The number of benzene rings is 2. The van der Waals surface area contributed by atoms with Gasteiger partial charge < -0.3 is 9.47 Å². The van der Waals surface area contributed by atoms with Gasteiger partial charge in [-0.25, -0.2) is 4.98 Å². The average Bonchev–Trinajstić information content (AvgIpc) is 2.97. The molecule has 0 amide bonds. The maximum Gasteiger partial charge on any atom is 0.184 e. The molecule has 3 nitrogen and oxygen atoms in total. The molecule has 0 radical (unpaired) electrons. The second-order valence-corrected chi connectivity index (χ2v) is 6.18. The Kier molecular flexibility index (Phi) is 4.32. The fourth-order valence-electron chi connectivity index (χ4n) is 2.18. The normalized spacial score (nSPS) is 10.5. The molecule has 1 heterocycles. The number of hydrogen-bond acceptors (Lipinski definition) is 4. The third-order valence-electron chi connectivity index (χ3n) is 3.32. The molecule has 22 heavy (non-hydrogen) atoms. The highest BCUT2D eigenvalue weighted by molar-refractivity contribution is 7.19. The van der Waals surface area contributed by atoms with Crippen LogP contribution in [-0.2, 0) is 0 Å². The van der Waals surface area contributed by atoms with Gasteiger partial charge in [0.15, 0.2) is 4.47 Å². The van der Waals surface area contributed by atoms with E-state index in [0.717, 1.165) is 33.2 Å². The van der Waals surface area contributed by atoms with Crippen molar-refractivity contribution in [1.82, 2.24) is 4.98 Å². The van der Waals surface area contributed by atoms with Crippen molar-refractivity contribution in [3.05, 3.63) is 53.0 Å². The van der Waals surface area contributed by atoms with Crippen molar-refractivity contribution < 1.29 is 9.47 Å². The standard InChI is InChI=1S/C17H14ClNO2S/c1-20-13-7-3-11(4-8-13)15-16(22-17(18)19-15)12-5-9-14(21-2)10-6-12/h3-10H,1-2H3. The van der Waals surface area contributed by atoms with Crippen molar-refractivity contribution in [2.24, 2.45) is 0 Å². The Morgan fingerprint density at radius 1 is 0.818 bits per heavy atom. The van der Waals surface area contributed by atoms with Gasteiger partial charge in [-0.2, -0.15) is 0 Å². The van der Waals surface area contributed by atoms with Crippen LogP contribution in [-0.4, -0.2) is 19.2 Å². The summed E-state index contributed by atoms with van der Waals surface area (Å²) in [5.41, 5.74) is 2.95. The Hall–Kier alpha value is -2.04. The first-order valence-electron chi connectivity index (χ1n) is 6.66. The Morgan fingerprint density at radius 3 is 1.82 bits per heavy atom. The molecule has 0 aliphatic heterocycles. The molecule has 1 aromatic heterocycles. The van der Waals surface area contributed by atoms with Crippen LogP contribution >= 0.6 is 22.9 Å². The Bertz CT molecular complexity index is 701. The van der Waals surface area contributed by atoms with Crippen molar-refractivity contribution in [2.45, 2.75) is 0 Å². The topological polar surface area (TPSA) is 31.4 Å². The summed E-state index contributed by atoms with van der Waals surface area (Å²) in [5.74, 6) is 1.64. The monoisotopic (exact) mass is 331 g/mol. The fourth-order valence-corrected chi connectivity index (χ4v) is 3.31. The van der Waals surface area contributed by atoms with Gasteiger partial charge in [-0.1, -0.05) is 11.6 Å². The summed E-state index contributed by atoms with van der Waals surface area (Å²) in [6.45, 7) is 0. The summed E-state index contributed by atoms with van der Waals surface area (Å²) < 4.78 is 10.9. The van der Waals surface area contributed by atoms with E-state index in [1.165, 1.54) is 11.3 Å². The highest BCUT2D eigenvalue weighted by atomic mass is 35.5. The van der Waals surface area contributed by atoms with E-state index in [1.807, 2.05) is 48.5 Å². The molecule has 0 atom stereocenters. The second-order valence-electron chi connectivity index (χ2n) is 4.60. The number of halogens is 1. The van der Waals surface area contributed by atoms with E-state index in [1.54, 1.807) is 14.2 Å². The lowest BCUT2D eigenvalue weighted by Gasteiger charge is -2.05. The minimum atomic E-state index is 0.525. The highest BCUT2D eigenvalue weighted by Gasteiger charge is 2.14. The van der Waals surface area contributed by atoms with E-state index in [-0.39, 0.29) is 0 Å². The number of thiazole rings is 1. The number of nitrogens with zero attached hydrogens (tertiary/aromatic N) is 1. The van der Waals surface area contributed by atoms with Gasteiger partial charge in [-0.05, 0) is 54.1 Å². The second kappa shape index (κ2) is 6.38. The smallest absolute Gasteiger partial charge is 0.184 e. The third kappa shape index (κ3) is 2.93. The fraction of sp³-hybridized carbons (Fsp3) is 0.118. The SMILES string of the molecule is COc1ccc(-c2nc(Cl)sc2-c2ccc(OC)cc2)cc1. The van der Waals surface area contributed by atoms with Crippen LogP contribution in [0.4, 0.5) is 0 Å². The predicted molar refractivity (Wildman–Crippen MR) is 91.1 cm³/mol. The van der Waals surface area contributed by atoms with Crippen LogP contribution in [0, 0.1) is 0 Å². The van der Waals surface area contributed by atoms with Gasteiger partial charge in [0.25, 0.3) is 0 Å². The van der Waals surface area contributed by atoms with Crippen LogP contribution < -0.4 is 9.47 Å². The lowest BCUT2D eigenvalue weighted by molar-refractivity contribution is 0.414. The highest BCUT2D eigenvalue weighted by Crippen LogP contribution is 2.39. The molecular weight excluding hydrogens is 318 g/mol. The largest absolute Gasteiger partial charge is 0.497 e. The van der Waals surface area contributed by atoms with Crippen LogP contribution in [0.1, 0.15) is 0 Å². The molecule has 112 valence electrons. The first kappa shape index (κ1) is 14.9. The Balaban J connectivity index is 2.04. The number of methoxy groups -OCH3 is 2. The quantitative estimate of drug-likeness (QED) is 0.662. The van der Waals surface area contributed by atoms with Crippen LogP contribution in [0.15, 0.2) is 48.5 Å². The predicted octanol–water partition coefficient (Wildman–Crippen LogP) is 5.15. The molecule has 0 saturated carbocycles. The van der Waals surface area contributed by atoms with E-state index in [0.29, 0.717) is 4.47 Å². The molecule has 0 aliphatic carbocycles. The minimum Gasteiger partial charge on any atom is -0.497 e. The zero-order valence-electron chi connectivity index (χ0n) is 12.2. The van der Waals surface area contributed by atoms with Crippen LogP contribution in [0.5, 0.6) is 11.5 Å². The Labute approximate surface area is 138 Å². The van der Waals surface area contributed by atoms with Crippen LogP contribution in [0.3, 0.4) is 0 Å². The summed E-state index contributed by atoms with van der Waals surface area (Å²) in [7, 11) is 3.30. The summed E-state index contributed by atoms with van der Waals surface area (Å²) in [4.78, 5) is 5.51. The molecule has 3 rings (SSSR count). The molecule has 2 aromatic carbocycles. The summed E-state index contributed by atoms with van der Waals surface area (Å²) in [5, 5.41) is 0. The number of ether oxygens (including phenoxy) is 2. The van der Waals surface area contributed by atoms with Crippen molar-refractivity contribution in [1.29, 1.82) is 0 Å². The first-order valence-corrected chi connectivity index (χ1v) is 7.86. The third-order valence-corrected chi connectivity index (χ3v) is 4.53. The Morgan fingerprint density at radius 2 is 1.32 bits per heavy atom. The lowest BCUT2D eigenvalue weighted by atomic mass is 10.1. The van der Waals surface area contributed by atoms with Crippen LogP contribution in [0.2, 0.25) is 4.47 Å². The zero-order chi connectivity index (χ0) is 15.5. The molecule has 0 fully saturated rings. The molecule has 3 aromatic rings. The van der Waals surface area contributed by atoms with Gasteiger partial charge in [-0.3, -0.25) is 0 Å². The number of hydrogen-bond donors (Lipinski definition) is 0. The average molecular weight is 332 g/mol. The first-order chi connectivity index (χ1) is 10.7. The number of rotatable bonds is 4. The van der Waals surface area contributed by atoms with E-state index < -0.39 is 0 Å². The van der Waals surface area contributed by atoms with Crippen molar-refractivity contribution >= 4 is 22.9 Å². The molecule has 5 heteroatoms. The van der Waals surface area contributed by atoms with E-state index in [2.05, 4.69) is 4.98 Å². The van der Waals surface area contributed by atoms with Crippen LogP contribution in [0.25, 0.3) is 21.7 Å². The van der Waals surface area contributed by atoms with Gasteiger partial charge >= 0.3 is 0 Å². The summed E-state index contributed by atoms with van der Waals surface area (Å²) >= 11 is 7.61. The van der Waals surface area contributed by atoms with Crippen molar-refractivity contribution in [3.63, 3.8) is 0 Å². The summed E-state index contributed by atoms with van der Waals surface area (Å²) in [6.07, 6.45) is 0. The number of aromatic nitrogens is 1. The summed E-state index contributed by atoms with van der Waals surface area (Å²) in [6, 6.07) is 15.7. The van der Waals surface area contributed by atoms with E-state index in [4.69, 9.17) is 21.1 Å². The molecule has 0 unspecified atom stereocenters. The van der Waals surface area contributed by atoms with E-state index >= 15 is 0 Å². The van der Waals surface area contributed by atoms with Gasteiger partial charge in [0.05, 0.1) is 24.8 Å². The van der Waals surface area contributed by atoms with Gasteiger partial charge in [-0.15, -0.1) is 11.3 Å². The molecule has 0 saturated heterocycles. The molecule has 0 bridgehead atoms. The maximum atomic E-state index is 6.14. The lowest BCUT2D eigenvalue weighted by Crippen LogP contribution is -1.85. The zero-order valence-corrected chi connectivity index (χ0v) is 13.7. The minimum absolute atomic E-state index is 0.525. The molecule has 0 N–H and O–H groups in total. The molecule has 0 spiro atoms.